The number of nitrogens with zero attached hydrogens (tertiary/aromatic N) is 1. The van der Waals surface area contributed by atoms with Crippen molar-refractivity contribution in [1.29, 1.82) is 0 Å². The predicted octanol–water partition coefficient (Wildman–Crippen LogP) is 3.25. The molecule has 0 heterocycles. The summed E-state index contributed by atoms with van der Waals surface area (Å²) in [4.78, 5) is 10.0. The third kappa shape index (κ3) is 4.10. The number of ether oxygens (including phenoxy) is 1. The second-order valence-corrected chi connectivity index (χ2v) is 4.60. The van der Waals surface area contributed by atoms with Crippen molar-refractivity contribution < 1.29 is 27.9 Å². The second kappa shape index (κ2) is 6.13. The molecule has 0 saturated carbocycles. The molecule has 2 aromatic rings. The van der Waals surface area contributed by atoms with Crippen molar-refractivity contribution in [3.8, 4) is 11.5 Å². The lowest BCUT2D eigenvalue weighted by molar-refractivity contribution is -0.385. The summed E-state index contributed by atoms with van der Waals surface area (Å²) in [6.45, 7) is 0. The van der Waals surface area contributed by atoms with Crippen LogP contribution in [0.4, 0.5) is 18.9 Å². The fraction of sp³-hybridized carbons (Fsp3) is 0.143. The lowest BCUT2D eigenvalue weighted by Gasteiger charge is -2.14. The molecule has 3 N–H and O–H groups in total. The van der Waals surface area contributed by atoms with E-state index in [4.69, 9.17) is 5.73 Å². The molecule has 0 fully saturated rings. The van der Waals surface area contributed by atoms with E-state index < -0.39 is 34.5 Å². The molecule has 23 heavy (non-hydrogen) atoms. The first-order valence-electron chi connectivity index (χ1n) is 6.26. The molecule has 0 radical (unpaired) electrons. The van der Waals surface area contributed by atoms with Crippen molar-refractivity contribution in [2.75, 3.05) is 0 Å². The van der Waals surface area contributed by atoms with Crippen molar-refractivity contribution in [3.05, 3.63) is 63.7 Å². The minimum absolute atomic E-state index is 0.332. The van der Waals surface area contributed by atoms with E-state index in [0.717, 1.165) is 24.3 Å². The van der Waals surface area contributed by atoms with Crippen LogP contribution in [0, 0.1) is 10.1 Å². The van der Waals surface area contributed by atoms with Gasteiger partial charge >= 0.3 is 12.0 Å². The SMILES string of the molecule is N[C@@H](c1ccc(OC(F)(F)F)cc1)c1ccc(O)c([N+](=O)[O-])c1. The Bertz CT molecular complexity index is 717. The number of halogens is 3. The molecule has 0 aliphatic carbocycles. The molecule has 2 rings (SSSR count). The van der Waals surface area contributed by atoms with Gasteiger partial charge in [0.15, 0.2) is 5.75 Å². The number of aromatic hydroxyl groups is 1. The zero-order valence-electron chi connectivity index (χ0n) is 11.4. The molecule has 122 valence electrons. The smallest absolute Gasteiger partial charge is 0.502 e. The van der Waals surface area contributed by atoms with E-state index >= 15 is 0 Å². The number of benzene rings is 2. The van der Waals surface area contributed by atoms with Gasteiger partial charge in [-0.2, -0.15) is 0 Å². The molecule has 0 aliphatic rings. The number of hydrogen-bond acceptors (Lipinski definition) is 5. The van der Waals surface area contributed by atoms with E-state index in [1.165, 1.54) is 18.2 Å². The van der Waals surface area contributed by atoms with E-state index in [1.54, 1.807) is 0 Å². The maximum absolute atomic E-state index is 12.1. The van der Waals surface area contributed by atoms with Crippen LogP contribution < -0.4 is 10.5 Å². The molecular weight excluding hydrogens is 317 g/mol. The molecule has 0 aliphatic heterocycles. The van der Waals surface area contributed by atoms with E-state index in [-0.39, 0.29) is 0 Å². The predicted molar refractivity (Wildman–Crippen MR) is 73.9 cm³/mol. The van der Waals surface area contributed by atoms with E-state index in [2.05, 4.69) is 4.74 Å². The summed E-state index contributed by atoms with van der Waals surface area (Å²) < 4.78 is 40.0. The van der Waals surface area contributed by atoms with Gasteiger partial charge in [0.1, 0.15) is 5.75 Å². The van der Waals surface area contributed by atoms with Gasteiger partial charge in [0, 0.05) is 6.07 Å². The van der Waals surface area contributed by atoms with Crippen molar-refractivity contribution in [3.63, 3.8) is 0 Å². The molecular formula is C14H11F3N2O4. The highest BCUT2D eigenvalue weighted by Crippen LogP contribution is 2.31. The number of alkyl halides is 3. The van der Waals surface area contributed by atoms with Crippen LogP contribution in [0.15, 0.2) is 42.5 Å². The van der Waals surface area contributed by atoms with Gasteiger partial charge in [-0.1, -0.05) is 18.2 Å². The number of nitro benzene ring substituents is 1. The Morgan fingerprint density at radius 1 is 1.13 bits per heavy atom. The maximum atomic E-state index is 12.1. The van der Waals surface area contributed by atoms with Gasteiger partial charge in [-0.15, -0.1) is 13.2 Å². The molecule has 0 unspecified atom stereocenters. The zero-order chi connectivity index (χ0) is 17.2. The summed E-state index contributed by atoms with van der Waals surface area (Å²) in [6.07, 6.45) is -4.79. The Labute approximate surface area is 128 Å². The largest absolute Gasteiger partial charge is 0.573 e. The third-order valence-corrected chi connectivity index (χ3v) is 3.03. The molecule has 0 spiro atoms. The Morgan fingerprint density at radius 3 is 2.22 bits per heavy atom. The van der Waals surface area contributed by atoms with E-state index in [1.807, 2.05) is 0 Å². The van der Waals surface area contributed by atoms with Gasteiger partial charge in [0.05, 0.1) is 11.0 Å². The second-order valence-electron chi connectivity index (χ2n) is 4.60. The summed E-state index contributed by atoms with van der Waals surface area (Å²) >= 11 is 0. The minimum atomic E-state index is -4.79. The molecule has 9 heteroatoms. The lowest BCUT2D eigenvalue weighted by Crippen LogP contribution is -2.17. The van der Waals surface area contributed by atoms with Gasteiger partial charge in [-0.25, -0.2) is 0 Å². The fourth-order valence-corrected chi connectivity index (χ4v) is 1.95. The number of nitro groups is 1. The molecule has 1 atom stereocenters. The highest BCUT2D eigenvalue weighted by molar-refractivity contribution is 5.49. The Kier molecular flexibility index (Phi) is 4.41. The van der Waals surface area contributed by atoms with Gasteiger partial charge in [0.2, 0.25) is 0 Å². The molecule has 2 aromatic carbocycles. The average molecular weight is 328 g/mol. The van der Waals surface area contributed by atoms with Crippen LogP contribution in [-0.2, 0) is 0 Å². The van der Waals surface area contributed by atoms with Crippen LogP contribution in [0.1, 0.15) is 17.2 Å². The molecule has 0 amide bonds. The Hall–Kier alpha value is -2.81. The third-order valence-electron chi connectivity index (χ3n) is 3.03. The minimum Gasteiger partial charge on any atom is -0.502 e. The zero-order valence-corrected chi connectivity index (χ0v) is 11.4. The van der Waals surface area contributed by atoms with Crippen LogP contribution in [0.25, 0.3) is 0 Å². The first-order chi connectivity index (χ1) is 10.7. The van der Waals surface area contributed by atoms with Gasteiger partial charge in [-0.3, -0.25) is 10.1 Å². The van der Waals surface area contributed by atoms with Crippen LogP contribution >= 0.6 is 0 Å². The van der Waals surface area contributed by atoms with Gasteiger partial charge < -0.3 is 15.6 Å². The summed E-state index contributed by atoms with van der Waals surface area (Å²) in [5.41, 5.74) is 6.20. The number of nitrogens with two attached hydrogens (primary N) is 1. The first kappa shape index (κ1) is 16.6. The number of phenols is 1. The monoisotopic (exact) mass is 328 g/mol. The average Bonchev–Trinajstić information content (AvgIpc) is 2.46. The molecule has 0 bridgehead atoms. The number of rotatable bonds is 4. The van der Waals surface area contributed by atoms with Crippen molar-refractivity contribution >= 4 is 5.69 Å². The lowest BCUT2D eigenvalue weighted by atomic mass is 9.99. The summed E-state index contributed by atoms with van der Waals surface area (Å²) in [5, 5.41) is 20.2. The highest BCUT2D eigenvalue weighted by atomic mass is 19.4. The van der Waals surface area contributed by atoms with Crippen LogP contribution in [0.3, 0.4) is 0 Å². The van der Waals surface area contributed by atoms with Gasteiger partial charge in [-0.05, 0) is 29.3 Å². The topological polar surface area (TPSA) is 98.6 Å². The standard InChI is InChI=1S/C14H11F3N2O4/c15-14(16,17)23-10-4-1-8(2-5-10)13(18)9-3-6-12(20)11(7-9)19(21)22/h1-7,13,20H,18H2/t13-/m0/s1. The molecule has 6 nitrogen and oxygen atoms in total. The van der Waals surface area contributed by atoms with Crippen LogP contribution in [0.5, 0.6) is 11.5 Å². The Balaban J connectivity index is 2.25. The van der Waals surface area contributed by atoms with Crippen molar-refractivity contribution in [1.82, 2.24) is 0 Å². The summed E-state index contributed by atoms with van der Waals surface area (Å²) in [7, 11) is 0. The first-order valence-corrected chi connectivity index (χ1v) is 6.26. The van der Waals surface area contributed by atoms with Crippen molar-refractivity contribution in [2.24, 2.45) is 5.73 Å². The molecule has 0 saturated heterocycles. The highest BCUT2D eigenvalue weighted by Gasteiger charge is 2.31. The maximum Gasteiger partial charge on any atom is 0.573 e. The van der Waals surface area contributed by atoms with Crippen molar-refractivity contribution in [2.45, 2.75) is 12.4 Å². The van der Waals surface area contributed by atoms with Crippen LogP contribution in [0.2, 0.25) is 0 Å². The normalized spacial score (nSPS) is 12.7. The van der Waals surface area contributed by atoms with E-state index in [0.29, 0.717) is 11.1 Å². The summed E-state index contributed by atoms with van der Waals surface area (Å²) in [5.74, 6) is -0.898. The van der Waals surface area contributed by atoms with E-state index in [9.17, 15) is 28.4 Å². The molecule has 0 aromatic heterocycles. The van der Waals surface area contributed by atoms with Crippen LogP contribution in [-0.4, -0.2) is 16.4 Å². The Morgan fingerprint density at radius 2 is 1.70 bits per heavy atom. The van der Waals surface area contributed by atoms with Gasteiger partial charge in [0.25, 0.3) is 0 Å². The summed E-state index contributed by atoms with van der Waals surface area (Å²) in [6, 6.07) is 7.67. The number of hydrogen-bond donors (Lipinski definition) is 2. The quantitative estimate of drug-likeness (QED) is 0.663. The number of phenolic OH excluding ortho intramolecular Hbond substituents is 1. The fourth-order valence-electron chi connectivity index (χ4n) is 1.95.